The van der Waals surface area contributed by atoms with Gasteiger partial charge in [0.1, 0.15) is 0 Å². The summed E-state index contributed by atoms with van der Waals surface area (Å²) in [6.45, 7) is 10.8. The molecule has 0 radical (unpaired) electrons. The van der Waals surface area contributed by atoms with Gasteiger partial charge in [-0.3, -0.25) is 4.79 Å². The van der Waals surface area contributed by atoms with Crippen LogP contribution in [-0.4, -0.2) is 13.0 Å². The quantitative estimate of drug-likeness (QED) is 0.867. The third-order valence-corrected chi connectivity index (χ3v) is 3.60. The first-order valence-electron chi connectivity index (χ1n) is 6.65. The Bertz CT molecular complexity index is 412. The van der Waals surface area contributed by atoms with Crippen molar-refractivity contribution in [2.24, 2.45) is 5.92 Å². The van der Waals surface area contributed by atoms with E-state index in [0.29, 0.717) is 18.3 Å². The first-order valence-corrected chi connectivity index (χ1v) is 6.65. The van der Waals surface area contributed by atoms with E-state index < -0.39 is 0 Å². The van der Waals surface area contributed by atoms with Crippen LogP contribution < -0.4 is 5.32 Å². The number of amides is 1. The molecule has 0 saturated heterocycles. The summed E-state index contributed by atoms with van der Waals surface area (Å²) in [5, 5.41) is 2.73. The number of rotatable bonds is 4. The average Bonchev–Trinajstić information content (AvgIpc) is 2.25. The summed E-state index contributed by atoms with van der Waals surface area (Å²) in [6.07, 6.45) is 0.568. The van der Waals surface area contributed by atoms with Crippen molar-refractivity contribution in [2.45, 2.75) is 47.0 Å². The minimum absolute atomic E-state index is 0.119. The summed E-state index contributed by atoms with van der Waals surface area (Å²) in [7, 11) is 1.70. The van der Waals surface area contributed by atoms with Crippen molar-refractivity contribution < 1.29 is 4.79 Å². The Morgan fingerprint density at radius 2 is 1.67 bits per heavy atom. The van der Waals surface area contributed by atoms with E-state index in [1.807, 2.05) is 0 Å². The van der Waals surface area contributed by atoms with E-state index in [4.69, 9.17) is 0 Å². The van der Waals surface area contributed by atoms with Crippen LogP contribution in [0.5, 0.6) is 0 Å². The molecule has 0 fully saturated rings. The molecule has 1 N–H and O–H groups in total. The van der Waals surface area contributed by atoms with Crippen molar-refractivity contribution in [3.05, 3.63) is 34.4 Å². The van der Waals surface area contributed by atoms with Gasteiger partial charge in [0.2, 0.25) is 5.91 Å². The fourth-order valence-corrected chi connectivity index (χ4v) is 2.75. The van der Waals surface area contributed by atoms with E-state index in [2.05, 4.69) is 52.1 Å². The Morgan fingerprint density at radius 3 is 2.06 bits per heavy atom. The second kappa shape index (κ2) is 6.03. The molecule has 0 aliphatic heterocycles. The molecule has 0 aromatic heterocycles. The molecule has 1 rings (SSSR count). The second-order valence-corrected chi connectivity index (χ2v) is 5.54. The summed E-state index contributed by atoms with van der Waals surface area (Å²) in [5.41, 5.74) is 5.24. The fraction of sp³-hybridized carbons (Fsp3) is 0.562. The highest BCUT2D eigenvalue weighted by Gasteiger charge is 2.22. The first kappa shape index (κ1) is 14.7. The number of carbonyl (C=O) groups is 1. The zero-order chi connectivity index (χ0) is 13.9. The van der Waals surface area contributed by atoms with Gasteiger partial charge in [-0.1, -0.05) is 31.5 Å². The lowest BCUT2D eigenvalue weighted by atomic mass is 9.80. The van der Waals surface area contributed by atoms with E-state index in [9.17, 15) is 4.79 Å². The normalized spacial score (nSPS) is 12.6. The second-order valence-electron chi connectivity index (χ2n) is 5.54. The van der Waals surface area contributed by atoms with Crippen LogP contribution in [0.25, 0.3) is 0 Å². The van der Waals surface area contributed by atoms with Crippen LogP contribution in [0.1, 0.15) is 48.4 Å². The molecule has 18 heavy (non-hydrogen) atoms. The molecule has 1 unspecified atom stereocenters. The highest BCUT2D eigenvalue weighted by Crippen LogP contribution is 2.33. The molecule has 0 heterocycles. The highest BCUT2D eigenvalue weighted by atomic mass is 16.1. The lowest BCUT2D eigenvalue weighted by Gasteiger charge is -2.25. The van der Waals surface area contributed by atoms with E-state index in [1.54, 1.807) is 7.05 Å². The maximum Gasteiger partial charge on any atom is 0.220 e. The maximum atomic E-state index is 11.7. The maximum absolute atomic E-state index is 11.7. The summed E-state index contributed by atoms with van der Waals surface area (Å²) in [6, 6.07) is 4.42. The van der Waals surface area contributed by atoms with Gasteiger partial charge in [-0.25, -0.2) is 0 Å². The number of nitrogens with one attached hydrogen (secondary N) is 1. The van der Waals surface area contributed by atoms with Crippen molar-refractivity contribution in [1.29, 1.82) is 0 Å². The van der Waals surface area contributed by atoms with Crippen LogP contribution in [0.15, 0.2) is 12.1 Å². The van der Waals surface area contributed by atoms with Crippen LogP contribution in [0, 0.1) is 26.7 Å². The average molecular weight is 247 g/mol. The number of hydrogen-bond acceptors (Lipinski definition) is 1. The van der Waals surface area contributed by atoms with E-state index in [0.717, 1.165) is 0 Å². The molecule has 0 spiro atoms. The van der Waals surface area contributed by atoms with Crippen molar-refractivity contribution in [1.82, 2.24) is 5.32 Å². The van der Waals surface area contributed by atoms with Crippen molar-refractivity contribution >= 4 is 5.91 Å². The van der Waals surface area contributed by atoms with E-state index in [-0.39, 0.29) is 5.91 Å². The molecule has 2 heteroatoms. The van der Waals surface area contributed by atoms with Crippen LogP contribution in [0.2, 0.25) is 0 Å². The molecule has 100 valence electrons. The van der Waals surface area contributed by atoms with Crippen molar-refractivity contribution in [2.75, 3.05) is 7.05 Å². The van der Waals surface area contributed by atoms with Gasteiger partial charge < -0.3 is 5.32 Å². The molecule has 1 aromatic carbocycles. The smallest absolute Gasteiger partial charge is 0.220 e. The molecule has 1 amide bonds. The first-order chi connectivity index (χ1) is 8.36. The SMILES string of the molecule is CNC(=O)CC(c1c(C)cc(C)cc1C)C(C)C. The number of aryl methyl sites for hydroxylation is 3. The zero-order valence-electron chi connectivity index (χ0n) is 12.4. The molecule has 1 aromatic rings. The molecular weight excluding hydrogens is 222 g/mol. The predicted molar refractivity (Wildman–Crippen MR) is 76.9 cm³/mol. The summed E-state index contributed by atoms with van der Waals surface area (Å²) in [4.78, 5) is 11.7. The third-order valence-electron chi connectivity index (χ3n) is 3.60. The molecule has 0 saturated carbocycles. The lowest BCUT2D eigenvalue weighted by molar-refractivity contribution is -0.121. The van der Waals surface area contributed by atoms with E-state index in [1.165, 1.54) is 22.3 Å². The largest absolute Gasteiger partial charge is 0.359 e. The molecule has 0 bridgehead atoms. The summed E-state index contributed by atoms with van der Waals surface area (Å²) in [5.74, 6) is 0.876. The van der Waals surface area contributed by atoms with Crippen LogP contribution in [0.4, 0.5) is 0 Å². The van der Waals surface area contributed by atoms with Gasteiger partial charge in [0, 0.05) is 13.5 Å². The minimum Gasteiger partial charge on any atom is -0.359 e. The zero-order valence-corrected chi connectivity index (χ0v) is 12.4. The van der Waals surface area contributed by atoms with Crippen molar-refractivity contribution in [3.8, 4) is 0 Å². The van der Waals surface area contributed by atoms with E-state index >= 15 is 0 Å². The van der Waals surface area contributed by atoms with Crippen LogP contribution >= 0.6 is 0 Å². The molecule has 0 aliphatic carbocycles. The molecule has 2 nitrogen and oxygen atoms in total. The van der Waals surface area contributed by atoms with Gasteiger partial charge in [-0.2, -0.15) is 0 Å². The van der Waals surface area contributed by atoms with Crippen molar-refractivity contribution in [3.63, 3.8) is 0 Å². The third kappa shape index (κ3) is 3.34. The Balaban J connectivity index is 3.18. The summed E-state index contributed by atoms with van der Waals surface area (Å²) < 4.78 is 0. The Hall–Kier alpha value is -1.31. The molecule has 0 aliphatic rings. The molecular formula is C16H25NO. The Labute approximate surface area is 111 Å². The standard InChI is InChI=1S/C16H25NO/c1-10(2)14(9-15(18)17-6)16-12(4)7-11(3)8-13(16)5/h7-8,10,14H,9H2,1-6H3,(H,17,18). The van der Waals surface area contributed by atoms with Gasteiger partial charge in [0.05, 0.1) is 0 Å². The monoisotopic (exact) mass is 247 g/mol. The van der Waals surface area contributed by atoms with Gasteiger partial charge in [-0.15, -0.1) is 0 Å². The summed E-state index contributed by atoms with van der Waals surface area (Å²) >= 11 is 0. The fourth-order valence-electron chi connectivity index (χ4n) is 2.75. The number of benzene rings is 1. The van der Waals surface area contributed by atoms with Gasteiger partial charge in [-0.05, 0) is 49.3 Å². The number of carbonyl (C=O) groups excluding carboxylic acids is 1. The van der Waals surface area contributed by atoms with Gasteiger partial charge >= 0.3 is 0 Å². The minimum atomic E-state index is 0.119. The highest BCUT2D eigenvalue weighted by molar-refractivity contribution is 5.76. The van der Waals surface area contributed by atoms with Gasteiger partial charge in [0.25, 0.3) is 0 Å². The molecule has 1 atom stereocenters. The number of hydrogen-bond donors (Lipinski definition) is 1. The Kier molecular flexibility index (Phi) is 4.94. The topological polar surface area (TPSA) is 29.1 Å². The predicted octanol–water partition coefficient (Wildman–Crippen LogP) is 3.49. The lowest BCUT2D eigenvalue weighted by Crippen LogP contribution is -2.23. The van der Waals surface area contributed by atoms with Gasteiger partial charge in [0.15, 0.2) is 0 Å². The Morgan fingerprint density at radius 1 is 1.17 bits per heavy atom. The van der Waals surface area contributed by atoms with Crippen LogP contribution in [0.3, 0.4) is 0 Å². The van der Waals surface area contributed by atoms with Crippen LogP contribution in [-0.2, 0) is 4.79 Å².